The van der Waals surface area contributed by atoms with Crippen LogP contribution in [0.25, 0.3) is 11.3 Å². The van der Waals surface area contributed by atoms with E-state index in [-0.39, 0.29) is 17.6 Å². The Kier molecular flexibility index (Phi) is 7.08. The van der Waals surface area contributed by atoms with Crippen LogP contribution in [0.15, 0.2) is 77.8 Å². The van der Waals surface area contributed by atoms with Gasteiger partial charge in [-0.3, -0.25) is 19.9 Å². The first-order chi connectivity index (χ1) is 19.1. The highest BCUT2D eigenvalue weighted by Gasteiger charge is 2.31. The highest BCUT2D eigenvalue weighted by molar-refractivity contribution is 6.37. The molecule has 1 amide bonds. The minimum atomic E-state index is -0.567. The summed E-state index contributed by atoms with van der Waals surface area (Å²) in [5.41, 5.74) is 3.65. The fraction of sp³-hybridized carbons (Fsp3) is 0.233. The zero-order valence-corrected chi connectivity index (χ0v) is 22.4. The predicted octanol–water partition coefficient (Wildman–Crippen LogP) is 4.78. The third kappa shape index (κ3) is 5.85. The number of nitro benzene ring substituents is 1. The molecular formula is C30H29N5O5. The van der Waals surface area contributed by atoms with E-state index >= 15 is 0 Å². The monoisotopic (exact) mass is 539 g/mol. The van der Waals surface area contributed by atoms with Gasteiger partial charge in [0.05, 0.1) is 16.2 Å². The average molecular weight is 540 g/mol. The van der Waals surface area contributed by atoms with Gasteiger partial charge in [0.2, 0.25) is 0 Å². The van der Waals surface area contributed by atoms with Crippen LogP contribution in [0.3, 0.4) is 0 Å². The van der Waals surface area contributed by atoms with Crippen molar-refractivity contribution >= 4 is 46.0 Å². The van der Waals surface area contributed by atoms with Gasteiger partial charge in [-0.15, -0.1) is 0 Å². The first-order valence-corrected chi connectivity index (χ1v) is 12.9. The van der Waals surface area contributed by atoms with E-state index in [1.165, 1.54) is 12.1 Å². The summed E-state index contributed by atoms with van der Waals surface area (Å²) >= 11 is 0. The lowest BCUT2D eigenvalue weighted by Gasteiger charge is -2.20. The molecule has 0 spiro atoms. The van der Waals surface area contributed by atoms with E-state index in [9.17, 15) is 19.7 Å². The summed E-state index contributed by atoms with van der Waals surface area (Å²) in [6, 6.07) is 20.8. The minimum Gasteiger partial charge on any atom is -0.458 e. The first-order valence-electron chi connectivity index (χ1n) is 12.9. The number of ether oxygens (including phenoxy) is 1. The van der Waals surface area contributed by atoms with Gasteiger partial charge < -0.3 is 20.7 Å². The number of nitrogens with zero attached hydrogens (tertiary/aromatic N) is 2. The number of nitro groups is 1. The van der Waals surface area contributed by atoms with Crippen molar-refractivity contribution in [2.45, 2.75) is 38.8 Å². The molecule has 0 aliphatic carbocycles. The fourth-order valence-corrected chi connectivity index (χ4v) is 4.55. The molecule has 40 heavy (non-hydrogen) atoms. The molecule has 0 aromatic heterocycles. The number of nitrogens with one attached hydrogen (secondary N) is 3. The number of rotatable bonds is 7. The third-order valence-corrected chi connectivity index (χ3v) is 6.36. The molecule has 2 aliphatic rings. The molecule has 5 rings (SSSR count). The van der Waals surface area contributed by atoms with Crippen LogP contribution in [0, 0.1) is 10.1 Å². The minimum absolute atomic E-state index is 0.0955. The van der Waals surface area contributed by atoms with Gasteiger partial charge in [-0.05, 0) is 50.1 Å². The molecule has 2 aliphatic heterocycles. The van der Waals surface area contributed by atoms with Gasteiger partial charge in [-0.1, -0.05) is 42.5 Å². The van der Waals surface area contributed by atoms with Crippen molar-refractivity contribution in [1.29, 1.82) is 0 Å². The quantitative estimate of drug-likeness (QED) is 0.170. The van der Waals surface area contributed by atoms with Crippen LogP contribution in [-0.2, 0) is 20.7 Å². The van der Waals surface area contributed by atoms with Crippen LogP contribution in [0.2, 0.25) is 0 Å². The summed E-state index contributed by atoms with van der Waals surface area (Å²) < 4.78 is 5.44. The summed E-state index contributed by atoms with van der Waals surface area (Å²) in [6.07, 6.45) is 0.520. The van der Waals surface area contributed by atoms with Crippen molar-refractivity contribution in [3.05, 3.63) is 99.6 Å². The molecule has 3 aromatic rings. The van der Waals surface area contributed by atoms with Gasteiger partial charge in [0.25, 0.3) is 11.6 Å². The largest absolute Gasteiger partial charge is 0.458 e. The highest BCUT2D eigenvalue weighted by Crippen LogP contribution is 2.39. The summed E-state index contributed by atoms with van der Waals surface area (Å²) in [6.45, 7) is 5.89. The zero-order valence-electron chi connectivity index (χ0n) is 22.4. The second-order valence-electron chi connectivity index (χ2n) is 10.6. The average Bonchev–Trinajstić information content (AvgIpc) is 3.51. The molecule has 0 saturated carbocycles. The van der Waals surface area contributed by atoms with Crippen molar-refractivity contribution in [3.8, 4) is 0 Å². The molecule has 3 N–H and O–H groups in total. The van der Waals surface area contributed by atoms with E-state index in [0.717, 1.165) is 16.8 Å². The Morgan fingerprint density at radius 2 is 1.82 bits per heavy atom. The number of benzene rings is 3. The Bertz CT molecular complexity index is 1540. The number of amides is 1. The van der Waals surface area contributed by atoms with Gasteiger partial charge in [-0.2, -0.15) is 0 Å². The maximum Gasteiger partial charge on any atom is 0.333 e. The second-order valence-corrected chi connectivity index (χ2v) is 10.6. The van der Waals surface area contributed by atoms with Crippen molar-refractivity contribution in [1.82, 2.24) is 5.32 Å². The Balaban J connectivity index is 1.40. The molecule has 0 saturated heterocycles. The van der Waals surface area contributed by atoms with Crippen molar-refractivity contribution in [2.75, 3.05) is 17.2 Å². The molecule has 1 atom stereocenters. The maximum absolute atomic E-state index is 13.1. The van der Waals surface area contributed by atoms with E-state index in [1.54, 1.807) is 6.07 Å². The van der Waals surface area contributed by atoms with Crippen molar-refractivity contribution in [2.24, 2.45) is 4.99 Å². The van der Waals surface area contributed by atoms with Crippen molar-refractivity contribution in [3.63, 3.8) is 0 Å². The number of aliphatic imine (C=N–C) groups is 1. The molecular weight excluding hydrogens is 510 g/mol. The smallest absolute Gasteiger partial charge is 0.333 e. The molecule has 10 nitrogen and oxygen atoms in total. The van der Waals surface area contributed by atoms with Gasteiger partial charge >= 0.3 is 5.97 Å². The van der Waals surface area contributed by atoms with E-state index in [2.05, 4.69) is 20.9 Å². The number of hydrogen-bond donors (Lipinski definition) is 3. The van der Waals surface area contributed by atoms with E-state index in [0.29, 0.717) is 41.3 Å². The summed E-state index contributed by atoms with van der Waals surface area (Å²) in [7, 11) is 0. The molecule has 0 fully saturated rings. The summed E-state index contributed by atoms with van der Waals surface area (Å²) in [4.78, 5) is 40.9. The summed E-state index contributed by atoms with van der Waals surface area (Å²) in [5, 5.41) is 20.8. The van der Waals surface area contributed by atoms with Gasteiger partial charge in [0.15, 0.2) is 6.04 Å². The number of non-ortho nitro benzene ring substituents is 1. The van der Waals surface area contributed by atoms with Crippen LogP contribution in [0.1, 0.15) is 37.5 Å². The topological polar surface area (TPSA) is 135 Å². The third-order valence-electron chi connectivity index (χ3n) is 6.36. The number of carbonyl (C=O) groups is 2. The van der Waals surface area contributed by atoms with Gasteiger partial charge in [-0.25, -0.2) is 4.79 Å². The zero-order chi connectivity index (χ0) is 28.4. The van der Waals surface area contributed by atoms with Crippen LogP contribution in [0.4, 0.5) is 17.1 Å². The Labute approximate surface area is 231 Å². The van der Waals surface area contributed by atoms with E-state index in [4.69, 9.17) is 4.74 Å². The standard InChI is InChI=1S/C30H29N5O5/c1-30(2,3)40-29(37)24-17-31-25(33-24)15-18-9-11-20(12-10-18)32-27(19-7-5-4-6-8-19)26-22-16-21(35(38)39)13-14-23(22)34-28(26)36/h4-14,16,24,32H,15,17H2,1-3H3,(H,31,33)(H,34,36)/b27-26-. The lowest BCUT2D eigenvalue weighted by atomic mass is 9.99. The molecule has 2 heterocycles. The lowest BCUT2D eigenvalue weighted by Crippen LogP contribution is -2.33. The van der Waals surface area contributed by atoms with Crippen LogP contribution in [-0.4, -0.2) is 40.8 Å². The molecule has 3 aromatic carbocycles. The van der Waals surface area contributed by atoms with Gasteiger partial charge in [0, 0.05) is 42.0 Å². The highest BCUT2D eigenvalue weighted by atomic mass is 16.6. The Morgan fingerprint density at radius 1 is 1.10 bits per heavy atom. The van der Waals surface area contributed by atoms with Gasteiger partial charge in [0.1, 0.15) is 11.4 Å². The number of hydrogen-bond acceptors (Lipinski definition) is 8. The Morgan fingerprint density at radius 3 is 2.50 bits per heavy atom. The molecule has 0 radical (unpaired) electrons. The SMILES string of the molecule is CC(C)(C)OC(=O)C1CNC(Cc2ccc(N/C(=C3\C(=O)Nc4ccc([N+](=O)[O-])cc43)c3ccccc3)cc2)=N1. The lowest BCUT2D eigenvalue weighted by molar-refractivity contribution is -0.384. The number of amidine groups is 1. The van der Waals surface area contributed by atoms with Crippen LogP contribution >= 0.6 is 0 Å². The van der Waals surface area contributed by atoms with Crippen LogP contribution < -0.4 is 16.0 Å². The molecule has 10 heteroatoms. The predicted molar refractivity (Wildman–Crippen MR) is 154 cm³/mol. The molecule has 0 bridgehead atoms. The normalized spacial score (nSPS) is 17.3. The van der Waals surface area contributed by atoms with E-state index in [1.807, 2.05) is 75.4 Å². The second kappa shape index (κ2) is 10.6. The Hall–Kier alpha value is -4.99. The molecule has 1 unspecified atom stereocenters. The number of anilines is 2. The first kappa shape index (κ1) is 26.6. The number of esters is 1. The number of fused-ring (bicyclic) bond motifs is 1. The van der Waals surface area contributed by atoms with Crippen molar-refractivity contribution < 1.29 is 19.2 Å². The van der Waals surface area contributed by atoms with Crippen LogP contribution in [0.5, 0.6) is 0 Å². The maximum atomic E-state index is 13.1. The van der Waals surface area contributed by atoms with E-state index < -0.39 is 16.6 Å². The summed E-state index contributed by atoms with van der Waals surface area (Å²) in [5.74, 6) is 0.0201. The number of carbonyl (C=O) groups excluding carboxylic acids is 2. The fourth-order valence-electron chi connectivity index (χ4n) is 4.55. The molecule has 204 valence electrons.